The molecule has 1 aromatic carbocycles. The van der Waals surface area contributed by atoms with Crippen LogP contribution in [0.5, 0.6) is 0 Å². The Bertz CT molecular complexity index is 875. The first kappa shape index (κ1) is 17.0. The number of carbonyl (C=O) groups is 3. The Kier molecular flexibility index (Phi) is 3.57. The van der Waals surface area contributed by atoms with Crippen molar-refractivity contribution in [3.8, 4) is 0 Å². The second-order valence-electron chi connectivity index (χ2n) is 8.28. The van der Waals surface area contributed by atoms with E-state index >= 15 is 0 Å². The lowest BCUT2D eigenvalue weighted by molar-refractivity contribution is -0.140. The normalized spacial score (nSPS) is 35.3. The second kappa shape index (κ2) is 5.68. The molecule has 2 bridgehead atoms. The third-order valence-electron chi connectivity index (χ3n) is 6.88. The van der Waals surface area contributed by atoms with Gasteiger partial charge in [0.2, 0.25) is 17.7 Å². The first-order valence-corrected chi connectivity index (χ1v) is 9.84. The molecule has 0 radical (unpaired) electrons. The van der Waals surface area contributed by atoms with Gasteiger partial charge in [-0.05, 0) is 54.7 Å². The predicted molar refractivity (Wildman–Crippen MR) is 101 cm³/mol. The lowest BCUT2D eigenvalue weighted by atomic mass is 9.63. The van der Waals surface area contributed by atoms with Crippen molar-refractivity contribution in [3.05, 3.63) is 40.9 Å². The molecule has 1 aliphatic heterocycles. The molecule has 6 atom stereocenters. The summed E-state index contributed by atoms with van der Waals surface area (Å²) in [5, 5.41) is 0.511. The van der Waals surface area contributed by atoms with Crippen molar-refractivity contribution in [2.45, 2.75) is 20.3 Å². The van der Waals surface area contributed by atoms with Crippen LogP contribution in [0.3, 0.4) is 0 Å². The van der Waals surface area contributed by atoms with Gasteiger partial charge in [-0.15, -0.1) is 0 Å². The molecule has 4 aliphatic carbocycles. The van der Waals surface area contributed by atoms with Crippen LogP contribution in [0.1, 0.15) is 18.9 Å². The van der Waals surface area contributed by atoms with E-state index in [1.54, 1.807) is 12.1 Å². The van der Waals surface area contributed by atoms with Gasteiger partial charge in [0.15, 0.2) is 0 Å². The van der Waals surface area contributed by atoms with Crippen LogP contribution in [0.4, 0.5) is 5.69 Å². The van der Waals surface area contributed by atoms with E-state index in [0.29, 0.717) is 22.5 Å². The third kappa shape index (κ3) is 2.34. The number of hydrogen-bond donors (Lipinski definition) is 0. The third-order valence-corrected chi connectivity index (χ3v) is 7.11. The number of imide groups is 1. The molecule has 6 rings (SSSR count). The lowest BCUT2D eigenvalue weighted by Crippen LogP contribution is -2.44. The van der Waals surface area contributed by atoms with Crippen LogP contribution in [-0.2, 0) is 14.4 Å². The number of hydrogen-bond acceptors (Lipinski definition) is 3. The number of benzene rings is 1. The highest BCUT2D eigenvalue weighted by molar-refractivity contribution is 6.31. The summed E-state index contributed by atoms with van der Waals surface area (Å²) in [7, 11) is 0. The second-order valence-corrected chi connectivity index (χ2v) is 8.71. The van der Waals surface area contributed by atoms with Crippen molar-refractivity contribution in [2.24, 2.45) is 35.5 Å². The smallest absolute Gasteiger partial charge is 0.235 e. The first-order chi connectivity index (χ1) is 12.9. The molecule has 3 fully saturated rings. The number of nitrogens with zero attached hydrogens (tertiary/aromatic N) is 2. The fourth-order valence-corrected chi connectivity index (χ4v) is 5.68. The summed E-state index contributed by atoms with van der Waals surface area (Å²) in [6, 6.07) is 5.30. The molecule has 1 aromatic rings. The van der Waals surface area contributed by atoms with E-state index in [9.17, 15) is 14.4 Å². The van der Waals surface area contributed by atoms with E-state index < -0.39 is 0 Å². The Labute approximate surface area is 163 Å². The van der Waals surface area contributed by atoms with E-state index in [-0.39, 0.29) is 48.1 Å². The van der Waals surface area contributed by atoms with Crippen molar-refractivity contribution in [3.63, 3.8) is 0 Å². The van der Waals surface area contributed by atoms with Crippen LogP contribution >= 0.6 is 11.6 Å². The predicted octanol–water partition coefficient (Wildman–Crippen LogP) is 3.01. The van der Waals surface area contributed by atoms with Gasteiger partial charge in [-0.2, -0.15) is 0 Å². The fourth-order valence-electron chi connectivity index (χ4n) is 5.52. The van der Waals surface area contributed by atoms with Gasteiger partial charge < -0.3 is 0 Å². The van der Waals surface area contributed by atoms with E-state index in [0.717, 1.165) is 12.0 Å². The number of amides is 3. The summed E-state index contributed by atoms with van der Waals surface area (Å²) >= 11 is 6.11. The topological polar surface area (TPSA) is 57.7 Å². The molecule has 1 heterocycles. The summed E-state index contributed by atoms with van der Waals surface area (Å²) < 4.78 is 0. The van der Waals surface area contributed by atoms with Crippen molar-refractivity contribution in [2.75, 3.05) is 11.6 Å². The molecule has 1 saturated heterocycles. The molecule has 6 heteroatoms. The Morgan fingerprint density at radius 3 is 2.30 bits per heavy atom. The van der Waals surface area contributed by atoms with Crippen LogP contribution in [0.15, 0.2) is 30.4 Å². The van der Waals surface area contributed by atoms with Crippen molar-refractivity contribution in [1.82, 2.24) is 4.90 Å². The molecule has 0 aromatic heterocycles. The molecule has 3 amide bonds. The summed E-state index contributed by atoms with van der Waals surface area (Å²) in [6.07, 6.45) is 5.44. The summed E-state index contributed by atoms with van der Waals surface area (Å²) in [4.78, 5) is 41.4. The Morgan fingerprint density at radius 1 is 1.15 bits per heavy atom. The minimum atomic E-state index is -0.245. The van der Waals surface area contributed by atoms with Crippen molar-refractivity contribution < 1.29 is 14.4 Å². The van der Waals surface area contributed by atoms with Gasteiger partial charge in [-0.25, -0.2) is 0 Å². The minimum Gasteiger partial charge on any atom is -0.294 e. The van der Waals surface area contributed by atoms with Crippen molar-refractivity contribution >= 4 is 35.0 Å². The molecule has 140 valence electrons. The Morgan fingerprint density at radius 2 is 1.74 bits per heavy atom. The molecule has 0 N–H and O–H groups in total. The number of halogens is 1. The van der Waals surface area contributed by atoms with Crippen LogP contribution in [-0.4, -0.2) is 29.3 Å². The quantitative estimate of drug-likeness (QED) is 0.594. The summed E-state index contributed by atoms with van der Waals surface area (Å²) in [5.74, 6) is 0.543. The number of allylic oxidation sites excluding steroid dienone is 2. The maximum atomic E-state index is 13.2. The molecular weight excluding hydrogens is 364 g/mol. The summed E-state index contributed by atoms with van der Waals surface area (Å²) in [6.45, 7) is 3.28. The zero-order valence-corrected chi connectivity index (χ0v) is 16.0. The molecule has 2 saturated carbocycles. The van der Waals surface area contributed by atoms with E-state index in [2.05, 4.69) is 12.2 Å². The largest absolute Gasteiger partial charge is 0.294 e. The van der Waals surface area contributed by atoms with Gasteiger partial charge in [-0.3, -0.25) is 24.2 Å². The Hall–Kier alpha value is -2.14. The highest BCUT2D eigenvalue weighted by atomic mass is 35.5. The maximum absolute atomic E-state index is 13.2. The zero-order valence-electron chi connectivity index (χ0n) is 15.3. The lowest BCUT2D eigenvalue weighted by Gasteiger charge is -2.37. The standard InChI is InChI=1S/C21H21ClN2O3/c1-10-3-4-12(22)7-17(10)23(11(2)25)9-24-20(26)18-13-5-6-14(16-8-15(13)16)19(18)21(24)27/h3-7,13-16,18-19H,8-9H2,1-2H3. The highest BCUT2D eigenvalue weighted by Gasteiger charge is 2.67. The van der Waals surface area contributed by atoms with Crippen molar-refractivity contribution in [1.29, 1.82) is 0 Å². The fraction of sp³-hybridized carbons (Fsp3) is 0.476. The van der Waals surface area contributed by atoms with Crippen LogP contribution < -0.4 is 4.90 Å². The van der Waals surface area contributed by atoms with Crippen LogP contribution in [0.25, 0.3) is 0 Å². The van der Waals surface area contributed by atoms with E-state index in [1.165, 1.54) is 16.7 Å². The maximum Gasteiger partial charge on any atom is 0.235 e. The van der Waals surface area contributed by atoms with E-state index in [4.69, 9.17) is 11.6 Å². The Balaban J connectivity index is 1.46. The van der Waals surface area contributed by atoms with Crippen LogP contribution in [0, 0.1) is 42.4 Å². The number of rotatable bonds is 3. The molecule has 0 spiro atoms. The molecule has 5 aliphatic rings. The van der Waals surface area contributed by atoms with Gasteiger partial charge in [0.05, 0.1) is 11.8 Å². The first-order valence-electron chi connectivity index (χ1n) is 9.46. The van der Waals surface area contributed by atoms with Gasteiger partial charge in [-0.1, -0.05) is 29.8 Å². The van der Waals surface area contributed by atoms with Gasteiger partial charge in [0, 0.05) is 17.6 Å². The number of likely N-dealkylation sites (tertiary alicyclic amines) is 1. The van der Waals surface area contributed by atoms with Gasteiger partial charge in [0.25, 0.3) is 0 Å². The van der Waals surface area contributed by atoms with Crippen LogP contribution in [0.2, 0.25) is 5.02 Å². The number of anilines is 1. The molecule has 27 heavy (non-hydrogen) atoms. The molecule has 5 nitrogen and oxygen atoms in total. The molecule has 6 unspecified atom stereocenters. The number of carbonyl (C=O) groups excluding carboxylic acids is 3. The molecular formula is C21H21ClN2O3. The number of aryl methyl sites for hydroxylation is 1. The summed E-state index contributed by atoms with van der Waals surface area (Å²) in [5.41, 5.74) is 1.50. The average molecular weight is 385 g/mol. The average Bonchev–Trinajstić information content (AvgIpc) is 3.41. The monoisotopic (exact) mass is 384 g/mol. The zero-order chi connectivity index (χ0) is 19.0. The van der Waals surface area contributed by atoms with E-state index in [1.807, 2.05) is 13.0 Å². The van der Waals surface area contributed by atoms with Gasteiger partial charge >= 0.3 is 0 Å². The van der Waals surface area contributed by atoms with Gasteiger partial charge in [0.1, 0.15) is 6.67 Å². The SMILES string of the molecule is CC(=O)N(CN1C(=O)C2C3C=CC(C4CC34)C2C1=O)c1cc(Cl)ccc1C. The highest BCUT2D eigenvalue weighted by Crippen LogP contribution is 2.65. The minimum absolute atomic E-state index is 0.0457.